The lowest BCUT2D eigenvalue weighted by atomic mass is 9.82. The molecule has 2 rings (SSSR count). The maximum atomic E-state index is 11.7. The molecule has 0 spiro atoms. The Morgan fingerprint density at radius 3 is 2.50 bits per heavy atom. The molecule has 0 saturated carbocycles. The first-order valence-electron chi connectivity index (χ1n) is 7.33. The minimum absolute atomic E-state index is 0.0876. The highest BCUT2D eigenvalue weighted by Gasteiger charge is 2.35. The van der Waals surface area contributed by atoms with E-state index < -0.39 is 0 Å². The van der Waals surface area contributed by atoms with Crippen LogP contribution >= 0.6 is 0 Å². The zero-order valence-corrected chi connectivity index (χ0v) is 12.4. The lowest BCUT2D eigenvalue weighted by Gasteiger charge is -2.41. The van der Waals surface area contributed by atoms with Gasteiger partial charge in [-0.2, -0.15) is 0 Å². The van der Waals surface area contributed by atoms with Crippen molar-refractivity contribution in [2.75, 3.05) is 26.7 Å². The van der Waals surface area contributed by atoms with Crippen LogP contribution in [0, 0.1) is 0 Å². The zero-order valence-electron chi connectivity index (χ0n) is 12.4. The largest absolute Gasteiger partial charge is 0.450 e. The van der Waals surface area contributed by atoms with E-state index in [4.69, 9.17) is 4.74 Å². The number of nitrogens with zero attached hydrogens (tertiary/aromatic N) is 1. The van der Waals surface area contributed by atoms with Crippen molar-refractivity contribution >= 4 is 6.09 Å². The van der Waals surface area contributed by atoms with Crippen LogP contribution < -0.4 is 5.32 Å². The van der Waals surface area contributed by atoms with Crippen LogP contribution in [-0.2, 0) is 11.2 Å². The van der Waals surface area contributed by atoms with Crippen molar-refractivity contribution in [2.24, 2.45) is 0 Å². The minimum Gasteiger partial charge on any atom is -0.450 e. The molecule has 20 heavy (non-hydrogen) atoms. The van der Waals surface area contributed by atoms with E-state index in [-0.39, 0.29) is 11.6 Å². The van der Waals surface area contributed by atoms with Gasteiger partial charge in [0.1, 0.15) is 0 Å². The van der Waals surface area contributed by atoms with Crippen LogP contribution in [0.2, 0.25) is 0 Å². The van der Waals surface area contributed by atoms with Gasteiger partial charge in [0.2, 0.25) is 0 Å². The van der Waals surface area contributed by atoms with Crippen LogP contribution in [0.5, 0.6) is 0 Å². The van der Waals surface area contributed by atoms with E-state index in [1.807, 2.05) is 24.9 Å². The molecule has 1 aromatic rings. The standard InChI is InChI=1S/C16H24N2O2/c1-3-20-15(19)18-11-9-16(17-2,10-12-18)13-14-7-5-4-6-8-14/h4-8,17H,3,9-13H2,1-2H3. The highest BCUT2D eigenvalue weighted by molar-refractivity contribution is 5.67. The van der Waals surface area contributed by atoms with Crippen LogP contribution in [0.15, 0.2) is 30.3 Å². The van der Waals surface area contributed by atoms with Gasteiger partial charge in [0.05, 0.1) is 6.61 Å². The Hall–Kier alpha value is -1.55. The molecule has 1 fully saturated rings. The number of likely N-dealkylation sites (N-methyl/N-ethyl adjacent to an activating group) is 1. The van der Waals surface area contributed by atoms with Crippen molar-refractivity contribution in [3.63, 3.8) is 0 Å². The number of benzene rings is 1. The van der Waals surface area contributed by atoms with E-state index in [2.05, 4.69) is 29.6 Å². The van der Waals surface area contributed by atoms with Gasteiger partial charge in [-0.3, -0.25) is 0 Å². The van der Waals surface area contributed by atoms with E-state index >= 15 is 0 Å². The molecule has 4 nitrogen and oxygen atoms in total. The van der Waals surface area contributed by atoms with Crippen molar-refractivity contribution in [1.82, 2.24) is 10.2 Å². The van der Waals surface area contributed by atoms with Gasteiger partial charge >= 0.3 is 6.09 Å². The van der Waals surface area contributed by atoms with Crippen molar-refractivity contribution < 1.29 is 9.53 Å². The number of piperidine rings is 1. The fourth-order valence-corrected chi connectivity index (χ4v) is 2.83. The highest BCUT2D eigenvalue weighted by Crippen LogP contribution is 2.26. The van der Waals surface area contributed by atoms with Gasteiger partial charge in [-0.15, -0.1) is 0 Å². The van der Waals surface area contributed by atoms with Gasteiger partial charge in [-0.25, -0.2) is 4.79 Å². The molecule has 1 amide bonds. The van der Waals surface area contributed by atoms with Crippen molar-refractivity contribution in [2.45, 2.75) is 31.7 Å². The van der Waals surface area contributed by atoms with Crippen molar-refractivity contribution in [1.29, 1.82) is 0 Å². The number of hydrogen-bond acceptors (Lipinski definition) is 3. The van der Waals surface area contributed by atoms with Crippen LogP contribution in [0.1, 0.15) is 25.3 Å². The number of hydrogen-bond donors (Lipinski definition) is 1. The second-order valence-electron chi connectivity index (χ2n) is 5.38. The molecule has 0 unspecified atom stereocenters. The van der Waals surface area contributed by atoms with Crippen LogP contribution in [0.25, 0.3) is 0 Å². The van der Waals surface area contributed by atoms with Crippen molar-refractivity contribution in [3.8, 4) is 0 Å². The molecule has 4 heteroatoms. The zero-order chi connectivity index (χ0) is 14.4. The number of ether oxygens (including phenoxy) is 1. The Bertz CT molecular complexity index is 425. The second-order valence-corrected chi connectivity index (χ2v) is 5.38. The Kier molecular flexibility index (Phi) is 5.01. The Morgan fingerprint density at radius 1 is 1.30 bits per heavy atom. The average Bonchev–Trinajstić information content (AvgIpc) is 2.49. The van der Waals surface area contributed by atoms with Gasteiger partial charge in [0.25, 0.3) is 0 Å². The van der Waals surface area contributed by atoms with Gasteiger partial charge in [0.15, 0.2) is 0 Å². The topological polar surface area (TPSA) is 41.6 Å². The average molecular weight is 276 g/mol. The number of likely N-dealkylation sites (tertiary alicyclic amines) is 1. The Labute approximate surface area is 121 Å². The first-order chi connectivity index (χ1) is 9.69. The van der Waals surface area contributed by atoms with Gasteiger partial charge < -0.3 is 15.0 Å². The fourth-order valence-electron chi connectivity index (χ4n) is 2.83. The molecule has 1 aromatic carbocycles. The third-order valence-corrected chi connectivity index (χ3v) is 4.16. The number of carbonyl (C=O) groups excluding carboxylic acids is 1. The Balaban J connectivity index is 1.96. The summed E-state index contributed by atoms with van der Waals surface area (Å²) in [5, 5.41) is 3.48. The molecular weight excluding hydrogens is 252 g/mol. The molecule has 0 atom stereocenters. The summed E-state index contributed by atoms with van der Waals surface area (Å²) in [6.07, 6.45) is 2.73. The molecule has 110 valence electrons. The van der Waals surface area contributed by atoms with E-state index in [9.17, 15) is 4.79 Å². The van der Waals surface area contributed by atoms with E-state index in [0.29, 0.717) is 6.61 Å². The predicted octanol–water partition coefficient (Wildman–Crippen LogP) is 2.44. The normalized spacial score (nSPS) is 17.8. The van der Waals surface area contributed by atoms with E-state index in [0.717, 1.165) is 32.4 Å². The number of amides is 1. The number of rotatable bonds is 4. The molecule has 1 aliphatic rings. The lowest BCUT2D eigenvalue weighted by molar-refractivity contribution is 0.0819. The van der Waals surface area contributed by atoms with Gasteiger partial charge in [-0.05, 0) is 38.8 Å². The van der Waals surface area contributed by atoms with Crippen LogP contribution in [0.3, 0.4) is 0 Å². The molecule has 1 saturated heterocycles. The van der Waals surface area contributed by atoms with Gasteiger partial charge in [0, 0.05) is 18.6 Å². The predicted molar refractivity (Wildman–Crippen MR) is 79.8 cm³/mol. The molecule has 0 aliphatic carbocycles. The molecule has 0 bridgehead atoms. The van der Waals surface area contributed by atoms with E-state index in [1.165, 1.54) is 5.56 Å². The summed E-state index contributed by atoms with van der Waals surface area (Å²) >= 11 is 0. The summed E-state index contributed by atoms with van der Waals surface area (Å²) < 4.78 is 5.07. The summed E-state index contributed by atoms with van der Waals surface area (Å²) in [6.45, 7) is 3.80. The maximum absolute atomic E-state index is 11.7. The summed E-state index contributed by atoms with van der Waals surface area (Å²) in [5.41, 5.74) is 1.43. The maximum Gasteiger partial charge on any atom is 0.409 e. The van der Waals surface area contributed by atoms with Gasteiger partial charge in [-0.1, -0.05) is 30.3 Å². The van der Waals surface area contributed by atoms with Crippen molar-refractivity contribution in [3.05, 3.63) is 35.9 Å². The summed E-state index contributed by atoms with van der Waals surface area (Å²) in [5.74, 6) is 0. The van der Waals surface area contributed by atoms with E-state index in [1.54, 1.807) is 0 Å². The van der Waals surface area contributed by atoms with Crippen LogP contribution in [0.4, 0.5) is 4.79 Å². The van der Waals surface area contributed by atoms with Crippen LogP contribution in [-0.4, -0.2) is 43.3 Å². The monoisotopic (exact) mass is 276 g/mol. The molecule has 0 radical (unpaired) electrons. The minimum atomic E-state index is -0.183. The second kappa shape index (κ2) is 6.75. The summed E-state index contributed by atoms with van der Waals surface area (Å²) in [4.78, 5) is 13.5. The molecule has 1 N–H and O–H groups in total. The third kappa shape index (κ3) is 3.51. The fraction of sp³-hybridized carbons (Fsp3) is 0.562. The summed E-state index contributed by atoms with van der Waals surface area (Å²) in [6, 6.07) is 10.5. The molecule has 0 aromatic heterocycles. The lowest BCUT2D eigenvalue weighted by Crippen LogP contribution is -2.54. The highest BCUT2D eigenvalue weighted by atomic mass is 16.6. The summed E-state index contributed by atoms with van der Waals surface area (Å²) in [7, 11) is 2.02. The molecular formula is C16H24N2O2. The first-order valence-corrected chi connectivity index (χ1v) is 7.33. The number of carbonyl (C=O) groups is 1. The molecule has 1 heterocycles. The third-order valence-electron chi connectivity index (χ3n) is 4.16. The Morgan fingerprint density at radius 2 is 1.95 bits per heavy atom. The first kappa shape index (κ1) is 14.9. The number of nitrogens with one attached hydrogen (secondary N) is 1. The quantitative estimate of drug-likeness (QED) is 0.918. The smallest absolute Gasteiger partial charge is 0.409 e. The SMILES string of the molecule is CCOC(=O)N1CCC(Cc2ccccc2)(NC)CC1. The molecule has 1 aliphatic heterocycles.